The van der Waals surface area contributed by atoms with Gasteiger partial charge in [-0.25, -0.2) is 8.78 Å². The molecule has 0 saturated heterocycles. The largest absolute Gasteiger partial charge is 0.389 e. The Morgan fingerprint density at radius 1 is 1.53 bits per heavy atom. The maximum atomic E-state index is 11.6. The van der Waals surface area contributed by atoms with E-state index in [4.69, 9.17) is 0 Å². The van der Waals surface area contributed by atoms with Crippen LogP contribution >= 0.6 is 0 Å². The van der Waals surface area contributed by atoms with E-state index in [2.05, 4.69) is 10.1 Å². The summed E-state index contributed by atoms with van der Waals surface area (Å²) in [6.07, 6.45) is -2.49. The summed E-state index contributed by atoms with van der Waals surface area (Å²) in [4.78, 5) is 11.0. The van der Waals surface area contributed by atoms with E-state index >= 15 is 0 Å². The van der Waals surface area contributed by atoms with Crippen molar-refractivity contribution in [2.45, 2.75) is 32.3 Å². The summed E-state index contributed by atoms with van der Waals surface area (Å²) in [6, 6.07) is 0. The maximum Gasteiger partial charge on any atom is 0.261 e. The van der Waals surface area contributed by atoms with Crippen molar-refractivity contribution >= 4 is 5.91 Å². The zero-order valence-corrected chi connectivity index (χ0v) is 8.93. The Bertz CT molecular complexity index is 192. The second kappa shape index (κ2) is 6.68. The van der Waals surface area contributed by atoms with Crippen molar-refractivity contribution in [2.75, 3.05) is 19.8 Å². The summed E-state index contributed by atoms with van der Waals surface area (Å²) in [5, 5.41) is 11.7. The topological polar surface area (TPSA) is 58.6 Å². The van der Waals surface area contributed by atoms with E-state index < -0.39 is 18.6 Å². The lowest BCUT2D eigenvalue weighted by atomic mass is 10.1. The van der Waals surface area contributed by atoms with Crippen molar-refractivity contribution in [3.8, 4) is 0 Å². The van der Waals surface area contributed by atoms with Gasteiger partial charge < -0.3 is 15.2 Å². The second-order valence-electron chi connectivity index (χ2n) is 3.81. The number of aliphatic hydroxyl groups is 1. The van der Waals surface area contributed by atoms with Gasteiger partial charge in [0.25, 0.3) is 6.43 Å². The molecule has 0 aliphatic heterocycles. The number of alkyl halides is 2. The fourth-order valence-electron chi connectivity index (χ4n) is 0.741. The molecular formula is C9H17F2NO3. The molecular weight excluding hydrogens is 208 g/mol. The Balaban J connectivity index is 3.42. The highest BCUT2D eigenvalue weighted by atomic mass is 19.3. The van der Waals surface area contributed by atoms with E-state index in [1.807, 2.05) is 0 Å². The Labute approximate surface area is 87.6 Å². The average Bonchev–Trinajstić information content (AvgIpc) is 2.07. The molecule has 0 aliphatic rings. The molecule has 0 heterocycles. The fourth-order valence-corrected chi connectivity index (χ4v) is 0.741. The van der Waals surface area contributed by atoms with Crippen LogP contribution in [0.15, 0.2) is 0 Å². The second-order valence-corrected chi connectivity index (χ2v) is 3.81. The predicted octanol–water partition coefficient (Wildman–Crippen LogP) is 0.545. The number of rotatable bonds is 7. The van der Waals surface area contributed by atoms with Gasteiger partial charge in [0.2, 0.25) is 5.91 Å². The molecule has 2 N–H and O–H groups in total. The standard InChI is InChI=1S/C9H17F2NO3/c1-9(2,14)6-12-8(13)3-4-15-5-7(10)11/h7,14H,3-6H2,1-2H3,(H,12,13). The molecule has 0 radical (unpaired) electrons. The van der Waals surface area contributed by atoms with Crippen LogP contribution in [0.25, 0.3) is 0 Å². The first-order valence-electron chi connectivity index (χ1n) is 4.66. The van der Waals surface area contributed by atoms with Crippen LogP contribution in [0, 0.1) is 0 Å². The van der Waals surface area contributed by atoms with Crippen LogP contribution in [-0.2, 0) is 9.53 Å². The predicted molar refractivity (Wildman–Crippen MR) is 50.7 cm³/mol. The van der Waals surface area contributed by atoms with Gasteiger partial charge >= 0.3 is 0 Å². The molecule has 6 heteroatoms. The minimum atomic E-state index is -2.51. The van der Waals surface area contributed by atoms with Gasteiger partial charge in [-0.05, 0) is 13.8 Å². The molecule has 0 saturated carbocycles. The Morgan fingerprint density at radius 2 is 2.13 bits per heavy atom. The van der Waals surface area contributed by atoms with Gasteiger partial charge in [-0.2, -0.15) is 0 Å². The third-order valence-corrected chi connectivity index (χ3v) is 1.44. The SMILES string of the molecule is CC(C)(O)CNC(=O)CCOCC(F)F. The molecule has 1 amide bonds. The van der Waals surface area contributed by atoms with Gasteiger partial charge in [-0.3, -0.25) is 4.79 Å². The monoisotopic (exact) mass is 225 g/mol. The molecule has 0 aliphatic carbocycles. The molecule has 0 bridgehead atoms. The van der Waals surface area contributed by atoms with E-state index in [1.165, 1.54) is 0 Å². The summed E-state index contributed by atoms with van der Waals surface area (Å²) >= 11 is 0. The lowest BCUT2D eigenvalue weighted by molar-refractivity contribution is -0.123. The smallest absolute Gasteiger partial charge is 0.261 e. The number of carbonyl (C=O) groups is 1. The van der Waals surface area contributed by atoms with Crippen molar-refractivity contribution in [1.29, 1.82) is 0 Å². The molecule has 0 aromatic heterocycles. The van der Waals surface area contributed by atoms with Gasteiger partial charge in [-0.1, -0.05) is 0 Å². The summed E-state index contributed by atoms with van der Waals surface area (Å²) in [7, 11) is 0. The van der Waals surface area contributed by atoms with Crippen molar-refractivity contribution in [3.05, 3.63) is 0 Å². The number of amides is 1. The van der Waals surface area contributed by atoms with E-state index in [1.54, 1.807) is 13.8 Å². The molecule has 0 atom stereocenters. The molecule has 0 unspecified atom stereocenters. The quantitative estimate of drug-likeness (QED) is 0.622. The highest BCUT2D eigenvalue weighted by molar-refractivity contribution is 5.76. The van der Waals surface area contributed by atoms with Crippen LogP contribution in [0.1, 0.15) is 20.3 Å². The van der Waals surface area contributed by atoms with E-state index in [0.29, 0.717) is 0 Å². The Morgan fingerprint density at radius 3 is 2.60 bits per heavy atom. The van der Waals surface area contributed by atoms with Crippen LogP contribution in [0.3, 0.4) is 0 Å². The van der Waals surface area contributed by atoms with E-state index in [-0.39, 0.29) is 25.5 Å². The third kappa shape index (κ3) is 11.2. The van der Waals surface area contributed by atoms with Crippen LogP contribution in [-0.4, -0.2) is 42.8 Å². The zero-order valence-electron chi connectivity index (χ0n) is 8.93. The van der Waals surface area contributed by atoms with Crippen LogP contribution < -0.4 is 5.32 Å². The average molecular weight is 225 g/mol. The molecule has 0 aromatic carbocycles. The van der Waals surface area contributed by atoms with Gasteiger partial charge in [0.1, 0.15) is 6.61 Å². The lowest BCUT2D eigenvalue weighted by Gasteiger charge is -2.17. The molecule has 15 heavy (non-hydrogen) atoms. The Hall–Kier alpha value is -0.750. The summed E-state index contributed by atoms with van der Waals surface area (Å²) in [6.45, 7) is 2.54. The van der Waals surface area contributed by atoms with E-state index in [0.717, 1.165) is 0 Å². The molecule has 90 valence electrons. The number of hydrogen-bond acceptors (Lipinski definition) is 3. The molecule has 0 fully saturated rings. The highest BCUT2D eigenvalue weighted by Gasteiger charge is 2.13. The first-order chi connectivity index (χ1) is 6.81. The number of hydrogen-bond donors (Lipinski definition) is 2. The minimum Gasteiger partial charge on any atom is -0.389 e. The van der Waals surface area contributed by atoms with E-state index in [9.17, 15) is 18.7 Å². The summed E-state index contributed by atoms with van der Waals surface area (Å²) in [5.74, 6) is -0.327. The van der Waals surface area contributed by atoms with Gasteiger partial charge in [0, 0.05) is 13.0 Å². The summed E-state index contributed by atoms with van der Waals surface area (Å²) in [5.41, 5.74) is -0.973. The lowest BCUT2D eigenvalue weighted by Crippen LogP contribution is -2.38. The van der Waals surface area contributed by atoms with Gasteiger partial charge in [-0.15, -0.1) is 0 Å². The van der Waals surface area contributed by atoms with Gasteiger partial charge in [0.15, 0.2) is 0 Å². The van der Waals surface area contributed by atoms with Crippen LogP contribution in [0.5, 0.6) is 0 Å². The van der Waals surface area contributed by atoms with Crippen LogP contribution in [0.2, 0.25) is 0 Å². The van der Waals surface area contributed by atoms with Crippen LogP contribution in [0.4, 0.5) is 8.78 Å². The normalized spacial score (nSPS) is 11.9. The third-order valence-electron chi connectivity index (χ3n) is 1.44. The van der Waals surface area contributed by atoms with Crippen molar-refractivity contribution in [3.63, 3.8) is 0 Å². The number of carbonyl (C=O) groups excluding carboxylic acids is 1. The van der Waals surface area contributed by atoms with Crippen molar-refractivity contribution in [2.24, 2.45) is 0 Å². The fraction of sp³-hybridized carbons (Fsp3) is 0.889. The molecule has 0 spiro atoms. The minimum absolute atomic E-state index is 0.0167. The highest BCUT2D eigenvalue weighted by Crippen LogP contribution is 1.98. The first kappa shape index (κ1) is 14.2. The summed E-state index contributed by atoms with van der Waals surface area (Å²) < 4.78 is 27.7. The van der Waals surface area contributed by atoms with Crippen molar-refractivity contribution < 1.29 is 23.4 Å². The number of halogens is 2. The van der Waals surface area contributed by atoms with Crippen molar-refractivity contribution in [1.82, 2.24) is 5.32 Å². The Kier molecular flexibility index (Phi) is 6.35. The number of nitrogens with one attached hydrogen (secondary N) is 1. The molecule has 0 rings (SSSR count). The first-order valence-corrected chi connectivity index (χ1v) is 4.66. The molecule has 0 aromatic rings. The zero-order chi connectivity index (χ0) is 11.9. The maximum absolute atomic E-state index is 11.6. The number of ether oxygens (including phenoxy) is 1. The molecule has 4 nitrogen and oxygen atoms in total. The van der Waals surface area contributed by atoms with Gasteiger partial charge in [0.05, 0.1) is 12.2 Å².